The molecule has 0 nitrogen and oxygen atoms in total. The zero-order valence-electron chi connectivity index (χ0n) is 10.1. The van der Waals surface area contributed by atoms with Crippen LogP contribution in [-0.4, -0.2) is 14.3 Å². The summed E-state index contributed by atoms with van der Waals surface area (Å²) >= 11 is 24.6. The Morgan fingerprint density at radius 2 is 1.72 bits per heavy atom. The molecule has 0 spiro atoms. The summed E-state index contributed by atoms with van der Waals surface area (Å²) in [6, 6.07) is 10.2. The van der Waals surface area contributed by atoms with Crippen molar-refractivity contribution in [2.24, 2.45) is 0 Å². The number of thioether (sulfide) groups is 1. The van der Waals surface area contributed by atoms with Crippen LogP contribution in [0.4, 0.5) is 0 Å². The van der Waals surface area contributed by atoms with Crippen molar-refractivity contribution in [2.45, 2.75) is 22.3 Å². The van der Waals surface area contributed by atoms with Crippen molar-refractivity contribution >= 4 is 63.7 Å². The molecule has 100 valence electrons. The molecule has 0 aliphatic rings. The Hall–Kier alpha value is 0.470. The average Bonchev–Trinajstić information content (AvgIpc) is 2.34. The average molecular weight is 344 g/mol. The molecule has 1 aromatic carbocycles. The van der Waals surface area contributed by atoms with Gasteiger partial charge in [-0.25, -0.2) is 0 Å². The molecule has 0 N–H and O–H groups in total. The van der Waals surface area contributed by atoms with Gasteiger partial charge in [0.1, 0.15) is 4.71 Å². The van der Waals surface area contributed by atoms with Gasteiger partial charge in [-0.15, -0.1) is 23.4 Å². The molecule has 18 heavy (non-hydrogen) atoms. The molecule has 5 heteroatoms. The minimum absolute atomic E-state index is 0.555. The van der Waals surface area contributed by atoms with Crippen molar-refractivity contribution in [1.29, 1.82) is 0 Å². The largest absolute Gasteiger partial charge is 0.215 e. The minimum Gasteiger partial charge on any atom is -0.133 e. The lowest BCUT2D eigenvalue weighted by Crippen LogP contribution is -2.16. The van der Waals surface area contributed by atoms with E-state index in [0.29, 0.717) is 0 Å². The topological polar surface area (TPSA) is 0 Å². The summed E-state index contributed by atoms with van der Waals surface area (Å²) in [4.78, 5) is 0. The molecule has 1 atom stereocenters. The van der Waals surface area contributed by atoms with Crippen LogP contribution in [0.2, 0.25) is 0 Å². The third-order valence-corrected chi connectivity index (χ3v) is 5.88. The highest BCUT2D eigenvalue weighted by molar-refractivity contribution is 8.01. The van der Waals surface area contributed by atoms with Crippen LogP contribution in [0.15, 0.2) is 35.9 Å². The predicted molar refractivity (Wildman–Crippen MR) is 87.1 cm³/mol. The number of alkyl halides is 4. The first-order valence-electron chi connectivity index (χ1n) is 5.36. The fourth-order valence-corrected chi connectivity index (χ4v) is 2.89. The predicted octanol–water partition coefficient (Wildman–Crippen LogP) is 6.15. The zero-order chi connectivity index (χ0) is 13.8. The molecule has 0 heterocycles. The van der Waals surface area contributed by atoms with E-state index in [1.165, 1.54) is 28.5 Å². The lowest BCUT2D eigenvalue weighted by Gasteiger charge is -2.18. The highest BCUT2D eigenvalue weighted by atomic mass is 35.6. The molecule has 0 saturated heterocycles. The van der Waals surface area contributed by atoms with Gasteiger partial charge in [-0.1, -0.05) is 70.7 Å². The van der Waals surface area contributed by atoms with E-state index < -0.39 is 8.50 Å². The normalized spacial score (nSPS) is 15.2. The van der Waals surface area contributed by atoms with E-state index in [4.69, 9.17) is 46.4 Å². The maximum Gasteiger partial charge on any atom is 0.215 e. The van der Waals surface area contributed by atoms with Crippen molar-refractivity contribution in [3.63, 3.8) is 0 Å². The first kappa shape index (κ1) is 16.5. The van der Waals surface area contributed by atoms with Crippen LogP contribution in [0.25, 0.3) is 5.57 Å². The Kier molecular flexibility index (Phi) is 6.71. The molecule has 0 radical (unpaired) electrons. The minimum atomic E-state index is -1.44. The SMILES string of the molecule is C/C(CSC(Cl)C(Cl)(Cl)Cl)=C(/C)c1ccccc1. The maximum atomic E-state index is 6.00. The van der Waals surface area contributed by atoms with Crippen LogP contribution in [0.5, 0.6) is 0 Å². The molecule has 0 aliphatic carbocycles. The van der Waals surface area contributed by atoms with Crippen LogP contribution in [0, 0.1) is 0 Å². The fraction of sp³-hybridized carbons (Fsp3) is 0.385. The first-order valence-corrected chi connectivity index (χ1v) is 7.98. The Morgan fingerprint density at radius 1 is 1.17 bits per heavy atom. The van der Waals surface area contributed by atoms with E-state index in [1.54, 1.807) is 0 Å². The molecule has 0 saturated carbocycles. The van der Waals surface area contributed by atoms with Gasteiger partial charge in [0, 0.05) is 5.75 Å². The zero-order valence-corrected chi connectivity index (χ0v) is 13.9. The molecular weight excluding hydrogens is 330 g/mol. The lowest BCUT2D eigenvalue weighted by molar-refractivity contribution is 1.20. The third kappa shape index (κ3) is 5.22. The van der Waals surface area contributed by atoms with Crippen molar-refractivity contribution in [2.75, 3.05) is 5.75 Å². The van der Waals surface area contributed by atoms with Crippen molar-refractivity contribution in [1.82, 2.24) is 0 Å². The van der Waals surface area contributed by atoms with E-state index in [1.807, 2.05) is 18.2 Å². The van der Waals surface area contributed by atoms with Gasteiger partial charge in [-0.2, -0.15) is 0 Å². The van der Waals surface area contributed by atoms with E-state index in [0.717, 1.165) is 5.75 Å². The monoisotopic (exact) mass is 342 g/mol. The Balaban J connectivity index is 2.68. The van der Waals surface area contributed by atoms with Crippen LogP contribution in [0.1, 0.15) is 19.4 Å². The second-order valence-electron chi connectivity index (χ2n) is 3.94. The van der Waals surface area contributed by atoms with Crippen molar-refractivity contribution in [3.05, 3.63) is 41.5 Å². The summed E-state index contributed by atoms with van der Waals surface area (Å²) in [5.74, 6) is 0.739. The van der Waals surface area contributed by atoms with E-state index in [-0.39, 0.29) is 0 Å². The maximum absolute atomic E-state index is 6.00. The standard InChI is InChI=1S/C13H14Cl4S/c1-9(8-18-12(14)13(15,16)17)10(2)11-6-4-3-5-7-11/h3-7,12H,8H2,1-2H3/b10-9+. The van der Waals surface area contributed by atoms with Crippen molar-refractivity contribution in [3.8, 4) is 0 Å². The van der Waals surface area contributed by atoms with Gasteiger partial charge in [0.25, 0.3) is 0 Å². The fourth-order valence-electron chi connectivity index (χ4n) is 1.34. The summed E-state index contributed by atoms with van der Waals surface area (Å²) in [5, 5.41) is 0. The molecule has 0 aliphatic heterocycles. The van der Waals surface area contributed by atoms with Gasteiger partial charge in [-0.05, 0) is 25.0 Å². The summed E-state index contributed by atoms with van der Waals surface area (Å²) in [6.45, 7) is 4.15. The van der Waals surface area contributed by atoms with E-state index >= 15 is 0 Å². The van der Waals surface area contributed by atoms with Gasteiger partial charge in [0.15, 0.2) is 0 Å². The Bertz CT molecular complexity index is 409. The number of allylic oxidation sites excluding steroid dienone is 1. The highest BCUT2D eigenvalue weighted by Gasteiger charge is 2.31. The summed E-state index contributed by atoms with van der Waals surface area (Å²) in [7, 11) is 0. The van der Waals surface area contributed by atoms with Crippen LogP contribution in [0.3, 0.4) is 0 Å². The molecule has 0 fully saturated rings. The van der Waals surface area contributed by atoms with Gasteiger partial charge < -0.3 is 0 Å². The molecular formula is C13H14Cl4S. The Morgan fingerprint density at radius 3 is 2.22 bits per heavy atom. The van der Waals surface area contributed by atoms with Crippen LogP contribution < -0.4 is 0 Å². The summed E-state index contributed by atoms with van der Waals surface area (Å²) in [5.41, 5.74) is 3.66. The molecule has 0 aromatic heterocycles. The quantitative estimate of drug-likeness (QED) is 0.591. The molecule has 1 rings (SSSR count). The lowest BCUT2D eigenvalue weighted by atomic mass is 10.0. The summed E-state index contributed by atoms with van der Waals surface area (Å²) in [6.07, 6.45) is 0. The number of halogens is 4. The van der Waals surface area contributed by atoms with Gasteiger partial charge in [0.2, 0.25) is 3.79 Å². The second kappa shape index (κ2) is 7.31. The number of hydrogen-bond donors (Lipinski definition) is 0. The Labute approximate surface area is 133 Å². The van der Waals surface area contributed by atoms with E-state index in [2.05, 4.69) is 26.0 Å². The molecule has 1 unspecified atom stereocenters. The number of hydrogen-bond acceptors (Lipinski definition) is 1. The molecule has 0 amide bonds. The molecule has 0 bridgehead atoms. The van der Waals surface area contributed by atoms with Gasteiger partial charge >= 0.3 is 0 Å². The smallest absolute Gasteiger partial charge is 0.133 e. The molecule has 1 aromatic rings. The van der Waals surface area contributed by atoms with E-state index in [9.17, 15) is 0 Å². The van der Waals surface area contributed by atoms with Gasteiger partial charge in [0.05, 0.1) is 0 Å². The highest BCUT2D eigenvalue weighted by Crippen LogP contribution is 2.40. The van der Waals surface area contributed by atoms with Gasteiger partial charge in [-0.3, -0.25) is 0 Å². The third-order valence-electron chi connectivity index (χ3n) is 2.55. The second-order valence-corrected chi connectivity index (χ2v) is 8.10. The van der Waals surface area contributed by atoms with Crippen LogP contribution >= 0.6 is 58.2 Å². The summed E-state index contributed by atoms with van der Waals surface area (Å²) < 4.78 is -1.99. The number of rotatable bonds is 4. The van der Waals surface area contributed by atoms with Crippen LogP contribution in [-0.2, 0) is 0 Å². The first-order chi connectivity index (χ1) is 8.32. The van der Waals surface area contributed by atoms with Crippen molar-refractivity contribution < 1.29 is 0 Å². The number of benzene rings is 1.